The van der Waals surface area contributed by atoms with E-state index in [-0.39, 0.29) is 5.69 Å². The van der Waals surface area contributed by atoms with Gasteiger partial charge in [0.15, 0.2) is 11.6 Å². The number of anilines is 4. The van der Waals surface area contributed by atoms with Gasteiger partial charge in [-0.15, -0.1) is 13.2 Å². The van der Waals surface area contributed by atoms with Crippen molar-refractivity contribution in [2.75, 3.05) is 28.5 Å². The van der Waals surface area contributed by atoms with E-state index in [1.54, 1.807) is 12.1 Å². The summed E-state index contributed by atoms with van der Waals surface area (Å²) in [5.41, 5.74) is 0.712. The zero-order valence-electron chi connectivity index (χ0n) is 16.2. The fraction of sp³-hybridized carbons (Fsp3) is 0.158. The largest absolute Gasteiger partial charge is 0.573 e. The van der Waals surface area contributed by atoms with Crippen molar-refractivity contribution in [1.82, 2.24) is 9.97 Å². The summed E-state index contributed by atoms with van der Waals surface area (Å²) < 4.78 is 74.7. The van der Waals surface area contributed by atoms with Crippen LogP contribution in [-0.4, -0.2) is 37.9 Å². The molecular weight excluding hydrogens is 451 g/mol. The molecule has 0 aliphatic carbocycles. The van der Waals surface area contributed by atoms with Crippen molar-refractivity contribution in [2.45, 2.75) is 11.3 Å². The molecule has 13 heteroatoms. The summed E-state index contributed by atoms with van der Waals surface area (Å²) in [5, 5.41) is 6.13. The van der Waals surface area contributed by atoms with Crippen LogP contribution in [0.25, 0.3) is 0 Å². The standard InChI is InChI=1S/C19H16F3N5O4S/c20-19(21,22)31-14-3-1-2-4-15(14)32(28,29)27-13-7-5-12(6-8-13)26-18-16-17(24-11-25-18)23-9-10-30-16/h1-8,11,27H,9-10H2,(H2,23,24,25,26). The molecule has 0 saturated carbocycles. The molecule has 3 N–H and O–H groups in total. The fourth-order valence-electron chi connectivity index (χ4n) is 2.90. The van der Waals surface area contributed by atoms with Crippen LogP contribution in [0.4, 0.5) is 36.2 Å². The molecule has 0 saturated heterocycles. The van der Waals surface area contributed by atoms with Gasteiger partial charge >= 0.3 is 6.36 Å². The molecule has 9 nitrogen and oxygen atoms in total. The quantitative estimate of drug-likeness (QED) is 0.503. The predicted molar refractivity (Wildman–Crippen MR) is 110 cm³/mol. The van der Waals surface area contributed by atoms with E-state index in [1.807, 2.05) is 0 Å². The van der Waals surface area contributed by atoms with Gasteiger partial charge in [0, 0.05) is 11.4 Å². The van der Waals surface area contributed by atoms with Crippen LogP contribution < -0.4 is 24.8 Å². The minimum atomic E-state index is -5.03. The molecule has 3 aromatic rings. The lowest BCUT2D eigenvalue weighted by molar-refractivity contribution is -0.275. The molecule has 0 bridgehead atoms. The second-order valence-electron chi connectivity index (χ2n) is 6.48. The van der Waals surface area contributed by atoms with E-state index in [2.05, 4.69) is 30.1 Å². The Labute approximate surface area is 180 Å². The number of aromatic nitrogens is 2. The average Bonchev–Trinajstić information content (AvgIpc) is 2.74. The van der Waals surface area contributed by atoms with Crippen LogP contribution in [0.2, 0.25) is 0 Å². The first kappa shape index (κ1) is 21.5. The number of alkyl halides is 3. The number of fused-ring (bicyclic) bond motifs is 1. The van der Waals surface area contributed by atoms with E-state index >= 15 is 0 Å². The minimum absolute atomic E-state index is 0.139. The highest BCUT2D eigenvalue weighted by Gasteiger charge is 2.34. The van der Waals surface area contributed by atoms with E-state index < -0.39 is 27.0 Å². The minimum Gasteiger partial charge on any atom is -0.485 e. The predicted octanol–water partition coefficient (Wildman–Crippen LogP) is 3.72. The Bertz CT molecular complexity index is 1220. The van der Waals surface area contributed by atoms with Crippen LogP contribution in [0.3, 0.4) is 0 Å². The molecule has 0 fully saturated rings. The molecule has 0 unspecified atom stereocenters. The summed E-state index contributed by atoms with van der Waals surface area (Å²) in [6.07, 6.45) is -3.66. The van der Waals surface area contributed by atoms with Crippen molar-refractivity contribution in [2.24, 2.45) is 0 Å². The molecule has 0 spiro atoms. The summed E-state index contributed by atoms with van der Waals surface area (Å²) in [6.45, 7) is 1.07. The topological polar surface area (TPSA) is 114 Å². The third-order valence-corrected chi connectivity index (χ3v) is 5.63. The Morgan fingerprint density at radius 1 is 1.03 bits per heavy atom. The van der Waals surface area contributed by atoms with Crippen molar-refractivity contribution < 1.29 is 31.1 Å². The molecule has 2 heterocycles. The maximum atomic E-state index is 12.6. The zero-order valence-corrected chi connectivity index (χ0v) is 17.0. The number of nitrogens with zero attached hydrogens (tertiary/aromatic N) is 2. The first-order valence-corrected chi connectivity index (χ1v) is 10.7. The number of rotatable bonds is 6. The Morgan fingerprint density at radius 2 is 1.75 bits per heavy atom. The fourth-order valence-corrected chi connectivity index (χ4v) is 4.09. The molecule has 0 amide bonds. The van der Waals surface area contributed by atoms with Crippen molar-refractivity contribution in [3.63, 3.8) is 0 Å². The molecule has 1 aromatic heterocycles. The van der Waals surface area contributed by atoms with Crippen LogP contribution in [0.15, 0.2) is 59.8 Å². The Balaban J connectivity index is 1.51. The van der Waals surface area contributed by atoms with E-state index in [1.165, 1.54) is 30.6 Å². The lowest BCUT2D eigenvalue weighted by Gasteiger charge is -2.20. The molecular formula is C19H16F3N5O4S. The first-order chi connectivity index (χ1) is 15.2. The number of halogens is 3. The van der Waals surface area contributed by atoms with Gasteiger partial charge in [-0.25, -0.2) is 18.4 Å². The molecule has 2 aromatic carbocycles. The molecule has 0 radical (unpaired) electrons. The van der Waals surface area contributed by atoms with Crippen molar-refractivity contribution in [1.29, 1.82) is 0 Å². The van der Waals surface area contributed by atoms with Crippen molar-refractivity contribution in [3.8, 4) is 11.5 Å². The molecule has 0 atom stereocenters. The summed E-state index contributed by atoms with van der Waals surface area (Å²) in [6, 6.07) is 10.5. The average molecular weight is 467 g/mol. The zero-order chi connectivity index (χ0) is 22.8. The van der Waals surface area contributed by atoms with Gasteiger partial charge < -0.3 is 20.1 Å². The van der Waals surface area contributed by atoms with Crippen LogP contribution in [0.5, 0.6) is 11.5 Å². The van der Waals surface area contributed by atoms with Gasteiger partial charge in [-0.1, -0.05) is 12.1 Å². The summed E-state index contributed by atoms with van der Waals surface area (Å²) >= 11 is 0. The van der Waals surface area contributed by atoms with E-state index in [0.717, 1.165) is 12.1 Å². The van der Waals surface area contributed by atoms with Gasteiger partial charge in [0.2, 0.25) is 5.75 Å². The number of ether oxygens (including phenoxy) is 2. The van der Waals surface area contributed by atoms with Crippen LogP contribution in [0, 0.1) is 0 Å². The Hall–Kier alpha value is -3.74. The SMILES string of the molecule is O=S(=O)(Nc1ccc(Nc2ncnc3c2OCCN3)cc1)c1ccccc1OC(F)(F)F. The van der Waals surface area contributed by atoms with Gasteiger partial charge in [-0.2, -0.15) is 0 Å². The van der Waals surface area contributed by atoms with Crippen molar-refractivity contribution >= 4 is 33.0 Å². The van der Waals surface area contributed by atoms with Crippen LogP contribution in [0.1, 0.15) is 0 Å². The Kier molecular flexibility index (Phi) is 5.65. The summed E-state index contributed by atoms with van der Waals surface area (Å²) in [7, 11) is -4.34. The van der Waals surface area contributed by atoms with Gasteiger partial charge in [0.1, 0.15) is 23.6 Å². The highest BCUT2D eigenvalue weighted by Crippen LogP contribution is 2.34. The van der Waals surface area contributed by atoms with Gasteiger partial charge in [0.05, 0.1) is 6.54 Å². The highest BCUT2D eigenvalue weighted by molar-refractivity contribution is 7.92. The van der Waals surface area contributed by atoms with Gasteiger partial charge in [-0.05, 0) is 36.4 Å². The molecule has 168 valence electrons. The number of benzene rings is 2. The summed E-state index contributed by atoms with van der Waals surface area (Å²) in [4.78, 5) is 7.59. The lowest BCUT2D eigenvalue weighted by Crippen LogP contribution is -2.21. The first-order valence-electron chi connectivity index (χ1n) is 9.18. The van der Waals surface area contributed by atoms with E-state index in [9.17, 15) is 21.6 Å². The molecule has 1 aliphatic heterocycles. The Morgan fingerprint density at radius 3 is 2.50 bits per heavy atom. The second kappa shape index (κ2) is 8.42. The molecule has 32 heavy (non-hydrogen) atoms. The molecule has 1 aliphatic rings. The maximum absolute atomic E-state index is 12.6. The van der Waals surface area contributed by atoms with E-state index in [4.69, 9.17) is 4.74 Å². The lowest BCUT2D eigenvalue weighted by atomic mass is 10.3. The molecule has 4 rings (SSSR count). The van der Waals surface area contributed by atoms with Gasteiger partial charge in [0.25, 0.3) is 10.0 Å². The number of sulfonamides is 1. The number of nitrogens with one attached hydrogen (secondary N) is 3. The van der Waals surface area contributed by atoms with Gasteiger partial charge in [-0.3, -0.25) is 4.72 Å². The van der Waals surface area contributed by atoms with Crippen LogP contribution in [-0.2, 0) is 10.0 Å². The maximum Gasteiger partial charge on any atom is 0.573 e. The summed E-state index contributed by atoms with van der Waals surface area (Å²) in [5.74, 6) is 0.615. The third-order valence-electron chi connectivity index (χ3n) is 4.21. The normalized spacial score (nSPS) is 13.3. The monoisotopic (exact) mass is 467 g/mol. The second-order valence-corrected chi connectivity index (χ2v) is 8.13. The van der Waals surface area contributed by atoms with Crippen molar-refractivity contribution in [3.05, 3.63) is 54.9 Å². The highest BCUT2D eigenvalue weighted by atomic mass is 32.2. The number of para-hydroxylation sites is 1. The van der Waals surface area contributed by atoms with Crippen LogP contribution >= 0.6 is 0 Å². The number of hydrogen-bond donors (Lipinski definition) is 3. The van der Waals surface area contributed by atoms with E-state index in [0.29, 0.717) is 36.2 Å². The smallest absolute Gasteiger partial charge is 0.485 e. The third kappa shape index (κ3) is 4.94. The number of hydrogen-bond acceptors (Lipinski definition) is 8.